The Kier molecular flexibility index (Phi) is 5.00. The number of carbonyl (C=O) groups is 2. The van der Waals surface area contributed by atoms with Crippen molar-refractivity contribution >= 4 is 28.8 Å². The zero-order chi connectivity index (χ0) is 25.1. The Bertz CT molecular complexity index is 1450. The van der Waals surface area contributed by atoms with Crippen LogP contribution in [0.1, 0.15) is 30.9 Å². The Morgan fingerprint density at radius 3 is 2.38 bits per heavy atom. The topological polar surface area (TPSA) is 68.2 Å². The molecule has 0 N–H and O–H groups in total. The molecule has 4 atom stereocenters. The predicted molar refractivity (Wildman–Crippen MR) is 140 cm³/mol. The van der Waals surface area contributed by atoms with E-state index in [4.69, 9.17) is 9.47 Å². The van der Waals surface area contributed by atoms with Crippen LogP contribution in [0.5, 0.6) is 11.5 Å². The molecule has 1 spiro atoms. The second kappa shape index (κ2) is 8.30. The van der Waals surface area contributed by atoms with Crippen LogP contribution in [0.2, 0.25) is 0 Å². The highest BCUT2D eigenvalue weighted by molar-refractivity contribution is 6.07. The van der Waals surface area contributed by atoms with Gasteiger partial charge in [0.15, 0.2) is 11.5 Å². The van der Waals surface area contributed by atoms with Crippen LogP contribution in [0, 0.1) is 29.1 Å². The molecule has 6 nitrogen and oxygen atoms in total. The average Bonchev–Trinajstić information content (AvgIpc) is 3.52. The summed E-state index contributed by atoms with van der Waals surface area (Å²) < 4.78 is 12.0. The standard InChI is InChI=1S/C31H28N2O4/c1-2-36-26-16-19(10-13-25(26)37-18-21-8-5-7-20-6-3-4-9-22(20)21)17-32-33-29(34)27-23-11-12-24(28(27)30(33)35)31(23)14-15-31/h3-13,16-17,23-24,27-28H,2,14-15,18H2,1H3/b32-17-/t23-,24-,27+,28+/m1/s1. The summed E-state index contributed by atoms with van der Waals surface area (Å²) in [5, 5.41) is 7.78. The Morgan fingerprint density at radius 2 is 1.65 bits per heavy atom. The third-order valence-corrected chi connectivity index (χ3v) is 8.68. The molecule has 37 heavy (non-hydrogen) atoms. The van der Waals surface area contributed by atoms with Crippen LogP contribution < -0.4 is 9.47 Å². The molecule has 2 saturated carbocycles. The maximum absolute atomic E-state index is 13.2. The fourth-order valence-electron chi connectivity index (χ4n) is 6.87. The third kappa shape index (κ3) is 3.35. The normalized spacial score (nSPS) is 26.6. The molecule has 7 rings (SSSR count). The van der Waals surface area contributed by atoms with Crippen molar-refractivity contribution in [2.45, 2.75) is 26.4 Å². The molecule has 1 heterocycles. The van der Waals surface area contributed by atoms with Crippen LogP contribution in [0.3, 0.4) is 0 Å². The smallest absolute Gasteiger partial charge is 0.254 e. The lowest BCUT2D eigenvalue weighted by Gasteiger charge is -2.18. The highest BCUT2D eigenvalue weighted by Gasteiger charge is 2.73. The van der Waals surface area contributed by atoms with Gasteiger partial charge in [0, 0.05) is 0 Å². The Labute approximate surface area is 215 Å². The largest absolute Gasteiger partial charge is 0.490 e. The number of imide groups is 1. The van der Waals surface area contributed by atoms with Crippen molar-refractivity contribution in [1.82, 2.24) is 5.01 Å². The molecule has 2 bridgehead atoms. The lowest BCUT2D eigenvalue weighted by Crippen LogP contribution is -2.30. The van der Waals surface area contributed by atoms with Gasteiger partial charge in [-0.2, -0.15) is 10.1 Å². The monoisotopic (exact) mass is 492 g/mol. The molecule has 3 fully saturated rings. The summed E-state index contributed by atoms with van der Waals surface area (Å²) in [7, 11) is 0. The summed E-state index contributed by atoms with van der Waals surface area (Å²) in [5.74, 6) is 0.817. The van der Waals surface area contributed by atoms with Crippen LogP contribution in [0.25, 0.3) is 10.8 Å². The summed E-state index contributed by atoms with van der Waals surface area (Å²) in [4.78, 5) is 26.3. The number of hydrazone groups is 1. The Hall–Kier alpha value is -3.93. The first kappa shape index (κ1) is 22.3. The summed E-state index contributed by atoms with van der Waals surface area (Å²) in [6, 6.07) is 20.0. The van der Waals surface area contributed by atoms with Gasteiger partial charge in [0.25, 0.3) is 11.8 Å². The maximum atomic E-state index is 13.2. The number of rotatable bonds is 7. The molecule has 1 aliphatic heterocycles. The minimum atomic E-state index is -0.244. The quantitative estimate of drug-likeness (QED) is 0.253. The van der Waals surface area contributed by atoms with E-state index in [2.05, 4.69) is 41.5 Å². The van der Waals surface area contributed by atoms with E-state index in [1.807, 2.05) is 43.3 Å². The molecule has 0 radical (unpaired) electrons. The lowest BCUT2D eigenvalue weighted by molar-refractivity contribution is -0.141. The van der Waals surface area contributed by atoms with Crippen molar-refractivity contribution < 1.29 is 19.1 Å². The Morgan fingerprint density at radius 1 is 0.919 bits per heavy atom. The van der Waals surface area contributed by atoms with Crippen LogP contribution in [0.15, 0.2) is 77.9 Å². The van der Waals surface area contributed by atoms with E-state index in [0.717, 1.165) is 34.4 Å². The van der Waals surface area contributed by atoms with Gasteiger partial charge in [-0.15, -0.1) is 0 Å². The molecule has 6 heteroatoms. The average molecular weight is 493 g/mol. The van der Waals surface area contributed by atoms with Gasteiger partial charge in [-0.1, -0.05) is 54.6 Å². The van der Waals surface area contributed by atoms with Crippen molar-refractivity contribution in [3.8, 4) is 11.5 Å². The molecule has 2 amide bonds. The van der Waals surface area contributed by atoms with Crippen molar-refractivity contribution in [1.29, 1.82) is 0 Å². The molecule has 1 saturated heterocycles. The van der Waals surface area contributed by atoms with E-state index in [9.17, 15) is 9.59 Å². The van der Waals surface area contributed by atoms with Crippen molar-refractivity contribution in [3.05, 3.63) is 83.9 Å². The fourth-order valence-corrected chi connectivity index (χ4v) is 6.87. The van der Waals surface area contributed by atoms with Crippen molar-refractivity contribution in [2.24, 2.45) is 34.2 Å². The van der Waals surface area contributed by atoms with E-state index in [1.165, 1.54) is 5.39 Å². The number of benzene rings is 3. The fraction of sp³-hybridized carbons (Fsp3) is 0.323. The minimum absolute atomic E-state index is 0.158. The number of hydrogen-bond acceptors (Lipinski definition) is 5. The molecular weight excluding hydrogens is 464 g/mol. The van der Waals surface area contributed by atoms with Gasteiger partial charge in [0.05, 0.1) is 24.7 Å². The summed E-state index contributed by atoms with van der Waals surface area (Å²) in [6.45, 7) is 2.81. The van der Waals surface area contributed by atoms with Gasteiger partial charge in [-0.3, -0.25) is 9.59 Å². The molecule has 0 aromatic heterocycles. The second-order valence-corrected chi connectivity index (χ2v) is 10.5. The van der Waals surface area contributed by atoms with E-state index >= 15 is 0 Å². The third-order valence-electron chi connectivity index (χ3n) is 8.68. The second-order valence-electron chi connectivity index (χ2n) is 10.5. The van der Waals surface area contributed by atoms with E-state index in [1.54, 1.807) is 6.21 Å². The van der Waals surface area contributed by atoms with Crippen LogP contribution in [0.4, 0.5) is 0 Å². The van der Waals surface area contributed by atoms with Gasteiger partial charge in [-0.25, -0.2) is 0 Å². The zero-order valence-electron chi connectivity index (χ0n) is 20.7. The highest BCUT2D eigenvalue weighted by Crippen LogP contribution is 2.73. The van der Waals surface area contributed by atoms with Crippen molar-refractivity contribution in [3.63, 3.8) is 0 Å². The van der Waals surface area contributed by atoms with Gasteiger partial charge >= 0.3 is 0 Å². The molecule has 186 valence electrons. The number of amides is 2. The van der Waals surface area contributed by atoms with E-state index in [0.29, 0.717) is 24.7 Å². The number of nitrogens with zero attached hydrogens (tertiary/aromatic N) is 2. The van der Waals surface area contributed by atoms with Gasteiger partial charge < -0.3 is 9.47 Å². The van der Waals surface area contributed by atoms with Crippen LogP contribution >= 0.6 is 0 Å². The van der Waals surface area contributed by atoms with Gasteiger partial charge in [0.2, 0.25) is 0 Å². The minimum Gasteiger partial charge on any atom is -0.490 e. The zero-order valence-corrected chi connectivity index (χ0v) is 20.7. The lowest BCUT2D eigenvalue weighted by atomic mass is 9.85. The van der Waals surface area contributed by atoms with Crippen LogP contribution in [-0.2, 0) is 16.2 Å². The number of carbonyl (C=O) groups excluding carboxylic acids is 2. The molecule has 4 aliphatic rings. The maximum Gasteiger partial charge on any atom is 0.254 e. The molecule has 3 aromatic carbocycles. The first-order valence-corrected chi connectivity index (χ1v) is 13.1. The first-order chi connectivity index (χ1) is 18.1. The SMILES string of the molecule is CCOc1cc(/C=N\N2C(=O)[C@@H]3[C@@H](C2=O)[C@H]2C=C[C@H]3C23CC3)ccc1OCc1cccc2ccccc12. The summed E-state index contributed by atoms with van der Waals surface area (Å²) in [6.07, 6.45) is 8.16. The van der Waals surface area contributed by atoms with Crippen LogP contribution in [-0.4, -0.2) is 29.6 Å². The van der Waals surface area contributed by atoms with Gasteiger partial charge in [0.1, 0.15) is 6.61 Å². The van der Waals surface area contributed by atoms with Crippen molar-refractivity contribution in [2.75, 3.05) is 6.61 Å². The number of ether oxygens (including phenoxy) is 2. The highest BCUT2D eigenvalue weighted by atomic mass is 16.5. The van der Waals surface area contributed by atoms with Gasteiger partial charge in [-0.05, 0) is 77.1 Å². The predicted octanol–water partition coefficient (Wildman–Crippen LogP) is 5.35. The molecule has 0 unspecified atom stereocenters. The number of hydrogen-bond donors (Lipinski definition) is 0. The first-order valence-electron chi connectivity index (χ1n) is 13.1. The molecular formula is C31H28N2O4. The van der Waals surface area contributed by atoms with E-state index < -0.39 is 0 Å². The summed E-state index contributed by atoms with van der Waals surface area (Å²) in [5.41, 5.74) is 2.02. The Balaban J connectivity index is 1.09. The number of fused-ring (bicyclic) bond motifs is 4. The summed E-state index contributed by atoms with van der Waals surface area (Å²) >= 11 is 0. The van der Waals surface area contributed by atoms with E-state index in [-0.39, 0.29) is 40.9 Å². The molecule has 3 aliphatic carbocycles. The number of allylic oxidation sites excluding steroid dienone is 2. The molecule has 3 aromatic rings.